The van der Waals surface area contributed by atoms with E-state index in [1.54, 1.807) is 43.0 Å². The summed E-state index contributed by atoms with van der Waals surface area (Å²) >= 11 is 1.73. The van der Waals surface area contributed by atoms with E-state index in [0.29, 0.717) is 23.4 Å². The van der Waals surface area contributed by atoms with Gasteiger partial charge in [-0.25, -0.2) is 4.79 Å². The highest BCUT2D eigenvalue weighted by Crippen LogP contribution is 2.45. The Morgan fingerprint density at radius 3 is 2.36 bits per heavy atom. The maximum Gasteiger partial charge on any atom is 0.338 e. The summed E-state index contributed by atoms with van der Waals surface area (Å²) in [5, 5.41) is 2.93. The number of esters is 1. The molecule has 3 aromatic rings. The zero-order chi connectivity index (χ0) is 23.4. The van der Waals surface area contributed by atoms with Crippen LogP contribution < -0.4 is 5.32 Å². The van der Waals surface area contributed by atoms with Gasteiger partial charge < -0.3 is 10.1 Å². The summed E-state index contributed by atoms with van der Waals surface area (Å²) in [6, 6.07) is 23.0. The van der Waals surface area contributed by atoms with E-state index in [0.717, 1.165) is 12.0 Å². The molecule has 4 rings (SSSR count). The number of nitrogens with one attached hydrogen (secondary N) is 1. The van der Waals surface area contributed by atoms with Crippen LogP contribution in [0.2, 0.25) is 0 Å². The van der Waals surface area contributed by atoms with Gasteiger partial charge in [-0.1, -0.05) is 56.0 Å². The van der Waals surface area contributed by atoms with Gasteiger partial charge in [0.25, 0.3) is 5.91 Å². The van der Waals surface area contributed by atoms with Crippen molar-refractivity contribution in [3.8, 4) is 0 Å². The van der Waals surface area contributed by atoms with Crippen LogP contribution in [0.15, 0.2) is 83.8 Å². The molecule has 0 unspecified atom stereocenters. The number of hydrogen-bond donors (Lipinski definition) is 1. The average Bonchev–Trinajstić information content (AvgIpc) is 2.82. The lowest BCUT2D eigenvalue weighted by Gasteiger charge is -2.32. The number of fused-ring (bicyclic) bond motifs is 1. The number of anilines is 1. The maximum atomic E-state index is 13.0. The van der Waals surface area contributed by atoms with E-state index in [2.05, 4.69) is 43.4 Å². The Labute approximate surface area is 199 Å². The van der Waals surface area contributed by atoms with Gasteiger partial charge in [-0.15, -0.1) is 0 Å². The molecule has 168 valence electrons. The van der Waals surface area contributed by atoms with E-state index in [4.69, 9.17) is 4.74 Å². The predicted octanol–water partition coefficient (Wildman–Crippen LogP) is 6.93. The molecule has 0 bridgehead atoms. The lowest BCUT2D eigenvalue weighted by Crippen LogP contribution is -2.22. The second kappa shape index (κ2) is 9.67. The van der Waals surface area contributed by atoms with Gasteiger partial charge in [0.1, 0.15) is 0 Å². The molecule has 0 atom stereocenters. The number of thioether (sulfide) groups is 1. The zero-order valence-electron chi connectivity index (χ0n) is 19.1. The summed E-state index contributed by atoms with van der Waals surface area (Å²) in [5.41, 5.74) is 4.04. The predicted molar refractivity (Wildman–Crippen MR) is 135 cm³/mol. The molecule has 4 nitrogen and oxygen atoms in total. The van der Waals surface area contributed by atoms with E-state index in [-0.39, 0.29) is 17.3 Å². The third-order valence-corrected chi connectivity index (χ3v) is 6.81. The fraction of sp³-hybridized carbons (Fsp3) is 0.214. The van der Waals surface area contributed by atoms with Gasteiger partial charge in [-0.2, -0.15) is 0 Å². The third kappa shape index (κ3) is 5.20. The van der Waals surface area contributed by atoms with Gasteiger partial charge in [0.15, 0.2) is 0 Å². The summed E-state index contributed by atoms with van der Waals surface area (Å²) in [6.07, 6.45) is 3.23. The smallest absolute Gasteiger partial charge is 0.338 e. The van der Waals surface area contributed by atoms with Gasteiger partial charge in [-0.05, 0) is 78.4 Å². The van der Waals surface area contributed by atoms with Gasteiger partial charge in [0.05, 0.1) is 12.2 Å². The Morgan fingerprint density at radius 2 is 1.67 bits per heavy atom. The van der Waals surface area contributed by atoms with Crippen molar-refractivity contribution in [1.29, 1.82) is 0 Å². The molecule has 1 aliphatic rings. The summed E-state index contributed by atoms with van der Waals surface area (Å²) in [7, 11) is 0. The van der Waals surface area contributed by atoms with Crippen molar-refractivity contribution >= 4 is 34.2 Å². The minimum Gasteiger partial charge on any atom is -0.462 e. The molecule has 0 saturated heterocycles. The van der Waals surface area contributed by atoms with Crippen LogP contribution in [0.25, 0.3) is 4.91 Å². The minimum absolute atomic E-state index is 0.00795. The first-order chi connectivity index (χ1) is 15.9. The molecule has 0 radical (unpaired) electrons. The lowest BCUT2D eigenvalue weighted by atomic mass is 9.75. The number of carbonyl (C=O) groups excluding carboxylic acids is 2. The molecule has 0 aliphatic heterocycles. The van der Waals surface area contributed by atoms with Crippen LogP contribution in [0.4, 0.5) is 5.69 Å². The number of ether oxygens (including phenoxy) is 1. The SMILES string of the molecule is CCOC(=O)c1ccc(NC(=O)c2ccc3c(c2)C(Sc2ccccc2)=CCC3(C)C)cc1. The van der Waals surface area contributed by atoms with Crippen LogP contribution in [0.3, 0.4) is 0 Å². The molecule has 0 saturated carbocycles. The molecule has 0 fully saturated rings. The van der Waals surface area contributed by atoms with Crippen LogP contribution in [0.1, 0.15) is 59.0 Å². The summed E-state index contributed by atoms with van der Waals surface area (Å²) < 4.78 is 5.01. The van der Waals surface area contributed by atoms with Crippen molar-refractivity contribution in [2.24, 2.45) is 0 Å². The summed E-state index contributed by atoms with van der Waals surface area (Å²) in [4.78, 5) is 27.2. The second-order valence-electron chi connectivity index (χ2n) is 8.58. The molecule has 0 spiro atoms. The minimum atomic E-state index is -0.372. The number of benzene rings is 3. The second-order valence-corrected chi connectivity index (χ2v) is 9.70. The van der Waals surface area contributed by atoms with Crippen LogP contribution in [-0.4, -0.2) is 18.5 Å². The van der Waals surface area contributed by atoms with Crippen molar-refractivity contribution < 1.29 is 14.3 Å². The van der Waals surface area contributed by atoms with E-state index < -0.39 is 0 Å². The molecular formula is C28H27NO3S. The van der Waals surface area contributed by atoms with E-state index in [1.165, 1.54) is 15.4 Å². The zero-order valence-corrected chi connectivity index (χ0v) is 19.9. The van der Waals surface area contributed by atoms with Crippen LogP contribution in [-0.2, 0) is 10.2 Å². The van der Waals surface area contributed by atoms with Gasteiger partial charge in [0.2, 0.25) is 0 Å². The molecule has 33 heavy (non-hydrogen) atoms. The Bertz CT molecular complexity index is 1200. The van der Waals surface area contributed by atoms with Crippen molar-refractivity contribution in [3.05, 3.63) is 101 Å². The normalized spacial score (nSPS) is 14.1. The summed E-state index contributed by atoms with van der Waals surface area (Å²) in [5.74, 6) is -0.558. The first-order valence-corrected chi connectivity index (χ1v) is 11.9. The molecule has 1 amide bonds. The van der Waals surface area contributed by atoms with Crippen LogP contribution >= 0.6 is 11.8 Å². The van der Waals surface area contributed by atoms with Crippen LogP contribution in [0, 0.1) is 0 Å². The molecule has 5 heteroatoms. The molecule has 1 N–H and O–H groups in total. The Balaban J connectivity index is 1.57. The Hall–Kier alpha value is -3.31. The third-order valence-electron chi connectivity index (χ3n) is 5.70. The molecule has 3 aromatic carbocycles. The molecule has 1 aliphatic carbocycles. The molecule has 0 aromatic heterocycles. The quantitative estimate of drug-likeness (QED) is 0.408. The number of carbonyl (C=O) groups is 2. The van der Waals surface area contributed by atoms with Gasteiger partial charge in [-0.3, -0.25) is 4.79 Å². The Kier molecular flexibility index (Phi) is 6.70. The van der Waals surface area contributed by atoms with E-state index in [9.17, 15) is 9.59 Å². The van der Waals surface area contributed by atoms with Crippen LogP contribution in [0.5, 0.6) is 0 Å². The average molecular weight is 458 g/mol. The highest BCUT2D eigenvalue weighted by atomic mass is 32.2. The summed E-state index contributed by atoms with van der Waals surface area (Å²) in [6.45, 7) is 6.56. The number of amides is 1. The van der Waals surface area contributed by atoms with E-state index in [1.807, 2.05) is 30.3 Å². The number of hydrogen-bond acceptors (Lipinski definition) is 4. The van der Waals surface area contributed by atoms with Gasteiger partial charge >= 0.3 is 5.97 Å². The number of rotatable bonds is 6. The fourth-order valence-corrected chi connectivity index (χ4v) is 4.86. The monoisotopic (exact) mass is 457 g/mol. The van der Waals surface area contributed by atoms with Crippen molar-refractivity contribution in [3.63, 3.8) is 0 Å². The fourth-order valence-electron chi connectivity index (χ4n) is 3.87. The highest BCUT2D eigenvalue weighted by Gasteiger charge is 2.29. The topological polar surface area (TPSA) is 55.4 Å². The Morgan fingerprint density at radius 1 is 0.970 bits per heavy atom. The first-order valence-electron chi connectivity index (χ1n) is 11.0. The standard InChI is InChI=1S/C28H27NO3S/c1-4-32-27(31)19-10-13-21(14-11-19)29-26(30)20-12-15-24-23(18-20)25(16-17-28(24,2)3)33-22-8-6-5-7-9-22/h5-16,18H,4,17H2,1-3H3,(H,29,30). The lowest BCUT2D eigenvalue weighted by molar-refractivity contribution is 0.0526. The van der Waals surface area contributed by atoms with Crippen molar-refractivity contribution in [2.45, 2.75) is 37.5 Å². The van der Waals surface area contributed by atoms with Gasteiger partial charge in [0, 0.05) is 21.1 Å². The molecule has 0 heterocycles. The van der Waals surface area contributed by atoms with Crippen molar-refractivity contribution in [1.82, 2.24) is 0 Å². The van der Waals surface area contributed by atoms with Crippen molar-refractivity contribution in [2.75, 3.05) is 11.9 Å². The first kappa shape index (κ1) is 22.9. The maximum absolute atomic E-state index is 13.0. The van der Waals surface area contributed by atoms with E-state index >= 15 is 0 Å². The highest BCUT2D eigenvalue weighted by molar-refractivity contribution is 8.08. The number of allylic oxidation sites excluding steroid dienone is 1. The molecular weight excluding hydrogens is 430 g/mol. The largest absolute Gasteiger partial charge is 0.462 e.